The Bertz CT molecular complexity index is 814. The lowest BCUT2D eigenvalue weighted by Gasteiger charge is -2.46. The Balaban J connectivity index is 1.57. The number of nitrogens with one attached hydrogen (secondary N) is 1. The second kappa shape index (κ2) is 12.5. The first-order valence-corrected chi connectivity index (χ1v) is 12.8. The first-order valence-electron chi connectivity index (χ1n) is 12.8. The third-order valence-corrected chi connectivity index (χ3v) is 7.70. The molecule has 0 saturated heterocycles. The van der Waals surface area contributed by atoms with Gasteiger partial charge in [-0.05, 0) is 62.0 Å². The number of hydrogen-bond donors (Lipinski definition) is 3. The fraction of sp³-hybridized carbons (Fsp3) is 0.643. The van der Waals surface area contributed by atoms with Crippen molar-refractivity contribution >= 4 is 11.7 Å². The quantitative estimate of drug-likeness (QED) is 0.289. The summed E-state index contributed by atoms with van der Waals surface area (Å²) in [7, 11) is 0. The van der Waals surface area contributed by atoms with Crippen LogP contribution in [0.4, 0.5) is 0 Å². The Morgan fingerprint density at radius 3 is 2.82 bits per heavy atom. The van der Waals surface area contributed by atoms with Gasteiger partial charge in [-0.25, -0.2) is 0 Å². The Morgan fingerprint density at radius 1 is 1.30 bits per heavy atom. The van der Waals surface area contributed by atoms with Gasteiger partial charge in [0.05, 0.1) is 12.7 Å². The maximum absolute atomic E-state index is 12.6. The number of benzene rings is 1. The summed E-state index contributed by atoms with van der Waals surface area (Å²) < 4.78 is 0. The molecule has 5 nitrogen and oxygen atoms in total. The molecular weight excluding hydrogens is 414 g/mol. The van der Waals surface area contributed by atoms with Crippen molar-refractivity contribution in [1.82, 2.24) is 5.32 Å². The second-order valence-corrected chi connectivity index (χ2v) is 9.93. The lowest BCUT2D eigenvalue weighted by Crippen LogP contribution is -2.36. The molecule has 0 spiro atoms. The number of Topliss-reactive ketones (excluding diaryl/α,β-unsaturated/α-hetero) is 1. The van der Waals surface area contributed by atoms with Crippen molar-refractivity contribution in [3.8, 4) is 0 Å². The van der Waals surface area contributed by atoms with Gasteiger partial charge in [0.2, 0.25) is 5.91 Å². The summed E-state index contributed by atoms with van der Waals surface area (Å²) in [6.07, 6.45) is 13.6. The first-order chi connectivity index (χ1) is 16.0. The molecule has 2 fully saturated rings. The van der Waals surface area contributed by atoms with Crippen LogP contribution in [0, 0.1) is 11.3 Å². The summed E-state index contributed by atoms with van der Waals surface area (Å²) in [5.41, 5.74) is 2.23. The molecule has 0 heterocycles. The zero-order chi connectivity index (χ0) is 23.7. The first kappa shape index (κ1) is 25.6. The SMILES string of the molecule is CCCC1(C(O)c2cccc([C@H]3CCC(=O)[C@@H]3C/C=C\CCCC(=O)NCCO)c2)CCC1. The van der Waals surface area contributed by atoms with Crippen LogP contribution in [0.2, 0.25) is 0 Å². The molecule has 0 aromatic heterocycles. The van der Waals surface area contributed by atoms with Gasteiger partial charge < -0.3 is 15.5 Å². The Kier molecular flexibility index (Phi) is 9.69. The highest BCUT2D eigenvalue weighted by Gasteiger charge is 2.43. The summed E-state index contributed by atoms with van der Waals surface area (Å²) in [4.78, 5) is 24.2. The number of rotatable bonds is 13. The van der Waals surface area contributed by atoms with Gasteiger partial charge in [-0.2, -0.15) is 0 Å². The highest BCUT2D eigenvalue weighted by atomic mass is 16.3. The van der Waals surface area contributed by atoms with E-state index in [0.29, 0.717) is 25.2 Å². The molecule has 1 unspecified atom stereocenters. The molecule has 2 saturated carbocycles. The molecular formula is C28H41NO4. The topological polar surface area (TPSA) is 86.6 Å². The minimum Gasteiger partial charge on any atom is -0.395 e. The largest absolute Gasteiger partial charge is 0.395 e. The summed E-state index contributed by atoms with van der Waals surface area (Å²) in [5, 5.41) is 22.6. The third-order valence-electron chi connectivity index (χ3n) is 7.70. The monoisotopic (exact) mass is 455 g/mol. The number of unbranched alkanes of at least 4 members (excludes halogenated alkanes) is 1. The molecule has 2 aliphatic rings. The molecule has 0 aliphatic heterocycles. The standard InChI is InChI=1S/C28H41NO4/c1-2-15-28(16-8-17-28)27(33)22-10-7-9-21(20-22)23-13-14-25(31)24(23)11-5-3-4-6-12-26(32)29-18-19-30/h3,5,7,9-10,20,23-24,27,30,33H,2,4,6,8,11-19H2,1H3,(H,29,32)/b5-3-/t23-,24-,27?/m1/s1. The van der Waals surface area contributed by atoms with Gasteiger partial charge in [0.15, 0.2) is 0 Å². The maximum Gasteiger partial charge on any atom is 0.220 e. The number of ketones is 1. The molecule has 0 bridgehead atoms. The lowest BCUT2D eigenvalue weighted by atomic mass is 9.61. The third kappa shape index (κ3) is 6.54. The fourth-order valence-corrected chi connectivity index (χ4v) is 5.73. The molecule has 33 heavy (non-hydrogen) atoms. The Hall–Kier alpha value is -1.98. The van der Waals surface area contributed by atoms with Crippen molar-refractivity contribution in [2.75, 3.05) is 13.2 Å². The Morgan fingerprint density at radius 2 is 2.12 bits per heavy atom. The molecule has 182 valence electrons. The summed E-state index contributed by atoms with van der Waals surface area (Å²) in [6, 6.07) is 8.37. The van der Waals surface area contributed by atoms with Crippen LogP contribution in [0.15, 0.2) is 36.4 Å². The Labute approximate surface area is 198 Å². The minimum absolute atomic E-state index is 0.00481. The minimum atomic E-state index is -0.420. The molecule has 2 aliphatic carbocycles. The van der Waals surface area contributed by atoms with Crippen molar-refractivity contribution in [3.05, 3.63) is 47.5 Å². The van der Waals surface area contributed by atoms with Crippen molar-refractivity contribution in [3.63, 3.8) is 0 Å². The van der Waals surface area contributed by atoms with Crippen LogP contribution in [0.25, 0.3) is 0 Å². The molecule has 1 amide bonds. The number of aliphatic hydroxyl groups excluding tert-OH is 2. The van der Waals surface area contributed by atoms with E-state index in [9.17, 15) is 14.7 Å². The van der Waals surface area contributed by atoms with Gasteiger partial charge in [0.1, 0.15) is 5.78 Å². The van der Waals surface area contributed by atoms with Gasteiger partial charge in [0, 0.05) is 30.7 Å². The van der Waals surface area contributed by atoms with Gasteiger partial charge >= 0.3 is 0 Å². The second-order valence-electron chi connectivity index (χ2n) is 9.93. The molecule has 3 N–H and O–H groups in total. The number of carbonyl (C=O) groups is 2. The lowest BCUT2D eigenvalue weighted by molar-refractivity contribution is -0.121. The van der Waals surface area contributed by atoms with E-state index in [4.69, 9.17) is 5.11 Å². The van der Waals surface area contributed by atoms with E-state index in [-0.39, 0.29) is 29.8 Å². The highest BCUT2D eigenvalue weighted by Crippen LogP contribution is 2.53. The van der Waals surface area contributed by atoms with Crippen LogP contribution >= 0.6 is 0 Å². The van der Waals surface area contributed by atoms with Crippen LogP contribution < -0.4 is 5.32 Å². The zero-order valence-corrected chi connectivity index (χ0v) is 20.1. The van der Waals surface area contributed by atoms with Crippen LogP contribution in [0.3, 0.4) is 0 Å². The molecule has 0 radical (unpaired) electrons. The number of amides is 1. The smallest absolute Gasteiger partial charge is 0.220 e. The molecule has 5 heteroatoms. The van der Waals surface area contributed by atoms with Crippen LogP contribution in [0.5, 0.6) is 0 Å². The maximum atomic E-state index is 12.6. The zero-order valence-electron chi connectivity index (χ0n) is 20.1. The van der Waals surface area contributed by atoms with Crippen LogP contribution in [-0.2, 0) is 9.59 Å². The van der Waals surface area contributed by atoms with Crippen molar-refractivity contribution in [1.29, 1.82) is 0 Å². The van der Waals surface area contributed by atoms with E-state index in [2.05, 4.69) is 36.5 Å². The van der Waals surface area contributed by atoms with E-state index < -0.39 is 6.10 Å². The van der Waals surface area contributed by atoms with Crippen molar-refractivity contribution < 1.29 is 19.8 Å². The van der Waals surface area contributed by atoms with E-state index in [0.717, 1.165) is 56.9 Å². The summed E-state index contributed by atoms with van der Waals surface area (Å²) in [6.45, 7) is 2.46. The molecule has 3 atom stereocenters. The fourth-order valence-electron chi connectivity index (χ4n) is 5.73. The van der Waals surface area contributed by atoms with Gasteiger partial charge in [0.25, 0.3) is 0 Å². The van der Waals surface area contributed by atoms with Crippen molar-refractivity contribution in [2.24, 2.45) is 11.3 Å². The number of hydrogen-bond acceptors (Lipinski definition) is 4. The van der Waals surface area contributed by atoms with E-state index in [1.807, 2.05) is 12.1 Å². The normalized spacial score (nSPS) is 22.9. The van der Waals surface area contributed by atoms with Crippen LogP contribution in [-0.4, -0.2) is 35.1 Å². The van der Waals surface area contributed by atoms with Gasteiger partial charge in [-0.1, -0.05) is 56.2 Å². The molecule has 1 aromatic rings. The van der Waals surface area contributed by atoms with Crippen LogP contribution in [0.1, 0.15) is 101 Å². The number of carbonyl (C=O) groups excluding carboxylic acids is 2. The highest BCUT2D eigenvalue weighted by molar-refractivity contribution is 5.84. The average molecular weight is 456 g/mol. The van der Waals surface area contributed by atoms with Gasteiger partial charge in [-0.3, -0.25) is 9.59 Å². The molecule has 1 aromatic carbocycles. The van der Waals surface area contributed by atoms with E-state index >= 15 is 0 Å². The van der Waals surface area contributed by atoms with Crippen molar-refractivity contribution in [2.45, 2.75) is 89.6 Å². The summed E-state index contributed by atoms with van der Waals surface area (Å²) in [5.74, 6) is 0.505. The van der Waals surface area contributed by atoms with E-state index in [1.54, 1.807) is 0 Å². The average Bonchev–Trinajstić information content (AvgIpc) is 3.17. The summed E-state index contributed by atoms with van der Waals surface area (Å²) >= 11 is 0. The van der Waals surface area contributed by atoms with Gasteiger partial charge in [-0.15, -0.1) is 0 Å². The number of aliphatic hydroxyl groups is 2. The molecule has 3 rings (SSSR count). The predicted octanol–water partition coefficient (Wildman–Crippen LogP) is 4.98. The van der Waals surface area contributed by atoms with E-state index in [1.165, 1.54) is 12.0 Å². The predicted molar refractivity (Wildman–Crippen MR) is 131 cm³/mol. The number of allylic oxidation sites excluding steroid dienone is 2.